The molecule has 0 aliphatic heterocycles. The molecule has 2 aromatic carbocycles. The second-order valence-corrected chi connectivity index (χ2v) is 5.19. The van der Waals surface area contributed by atoms with Crippen LogP contribution in [0.25, 0.3) is 10.9 Å². The van der Waals surface area contributed by atoms with Crippen LogP contribution in [0.3, 0.4) is 0 Å². The van der Waals surface area contributed by atoms with Gasteiger partial charge in [-0.2, -0.15) is 0 Å². The second kappa shape index (κ2) is 7.00. The average Bonchev–Trinajstić information content (AvgIpc) is 2.62. The van der Waals surface area contributed by atoms with Crippen molar-refractivity contribution in [3.8, 4) is 11.5 Å². The number of rotatable bonds is 6. The van der Waals surface area contributed by atoms with Gasteiger partial charge < -0.3 is 14.8 Å². The Balaban J connectivity index is 2.25. The molecule has 0 saturated heterocycles. The Kier molecular flexibility index (Phi) is 4.61. The fourth-order valence-electron chi connectivity index (χ4n) is 2.73. The van der Waals surface area contributed by atoms with Crippen molar-refractivity contribution in [3.05, 3.63) is 60.9 Å². The third-order valence-electron chi connectivity index (χ3n) is 3.75. The van der Waals surface area contributed by atoms with E-state index in [1.807, 2.05) is 42.5 Å². The van der Waals surface area contributed by atoms with Gasteiger partial charge in [-0.1, -0.05) is 24.3 Å². The topological polar surface area (TPSA) is 56.3 Å². The molecule has 5 nitrogen and oxygen atoms in total. The number of benzene rings is 2. The summed E-state index contributed by atoms with van der Waals surface area (Å²) in [7, 11) is 3.25. The summed E-state index contributed by atoms with van der Waals surface area (Å²) in [6, 6.07) is 11.8. The zero-order valence-electron chi connectivity index (χ0n) is 13.7. The lowest BCUT2D eigenvalue weighted by Crippen LogP contribution is -2.02. The standard InChI is InChI=1S/C19H19N3O2/c1-4-8-14-17-15(11-16(23-2)18(14)24-3)20-12-21-19(17)22-13-9-6-5-7-10-13/h4-7,9-12H,1,8H2,2-3H3,(H,20,21,22). The van der Waals surface area contributed by atoms with Gasteiger partial charge in [-0.15, -0.1) is 6.58 Å². The molecule has 1 aromatic heterocycles. The van der Waals surface area contributed by atoms with Gasteiger partial charge in [-0.25, -0.2) is 9.97 Å². The van der Waals surface area contributed by atoms with Crippen molar-refractivity contribution in [2.45, 2.75) is 6.42 Å². The first-order valence-corrected chi connectivity index (χ1v) is 7.60. The lowest BCUT2D eigenvalue weighted by molar-refractivity contribution is 0.353. The number of nitrogens with one attached hydrogen (secondary N) is 1. The van der Waals surface area contributed by atoms with Crippen molar-refractivity contribution in [3.63, 3.8) is 0 Å². The summed E-state index contributed by atoms with van der Waals surface area (Å²) in [4.78, 5) is 8.81. The number of anilines is 2. The molecule has 0 amide bonds. The maximum Gasteiger partial charge on any atom is 0.165 e. The van der Waals surface area contributed by atoms with E-state index in [1.54, 1.807) is 14.2 Å². The van der Waals surface area contributed by atoms with Crippen LogP contribution in [-0.4, -0.2) is 24.2 Å². The number of methoxy groups -OCH3 is 2. The van der Waals surface area contributed by atoms with E-state index in [0.29, 0.717) is 17.9 Å². The molecule has 24 heavy (non-hydrogen) atoms. The van der Waals surface area contributed by atoms with Gasteiger partial charge in [0.2, 0.25) is 0 Å². The Hall–Kier alpha value is -3.08. The van der Waals surface area contributed by atoms with E-state index in [1.165, 1.54) is 6.33 Å². The van der Waals surface area contributed by atoms with Crippen LogP contribution >= 0.6 is 0 Å². The molecule has 0 saturated carbocycles. The quantitative estimate of drug-likeness (QED) is 0.692. The number of ether oxygens (including phenoxy) is 2. The average molecular weight is 321 g/mol. The van der Waals surface area contributed by atoms with Crippen molar-refractivity contribution in [2.24, 2.45) is 0 Å². The molecule has 122 valence electrons. The molecule has 0 atom stereocenters. The molecule has 3 aromatic rings. The van der Waals surface area contributed by atoms with Crippen molar-refractivity contribution in [2.75, 3.05) is 19.5 Å². The first kappa shape index (κ1) is 15.8. The largest absolute Gasteiger partial charge is 0.493 e. The Bertz CT molecular complexity index is 863. The lowest BCUT2D eigenvalue weighted by Gasteiger charge is -2.17. The van der Waals surface area contributed by atoms with E-state index in [4.69, 9.17) is 9.47 Å². The predicted molar refractivity (Wildman–Crippen MR) is 96.3 cm³/mol. The van der Waals surface area contributed by atoms with Gasteiger partial charge in [0.15, 0.2) is 11.5 Å². The molecular formula is C19H19N3O2. The molecule has 3 rings (SSSR count). The highest BCUT2D eigenvalue weighted by Gasteiger charge is 2.18. The SMILES string of the molecule is C=CCc1c(OC)c(OC)cc2ncnc(Nc3ccccc3)c12. The Morgan fingerprint density at radius 2 is 1.92 bits per heavy atom. The number of para-hydroxylation sites is 1. The summed E-state index contributed by atoms with van der Waals surface area (Å²) in [5.74, 6) is 2.05. The maximum absolute atomic E-state index is 5.58. The molecule has 0 fully saturated rings. The van der Waals surface area contributed by atoms with Crippen LogP contribution in [-0.2, 0) is 6.42 Å². The minimum Gasteiger partial charge on any atom is -0.493 e. The molecular weight excluding hydrogens is 302 g/mol. The highest BCUT2D eigenvalue weighted by Crippen LogP contribution is 2.40. The minimum absolute atomic E-state index is 0.619. The third-order valence-corrected chi connectivity index (χ3v) is 3.75. The molecule has 0 bridgehead atoms. The van der Waals surface area contributed by atoms with Crippen LogP contribution in [0.4, 0.5) is 11.5 Å². The van der Waals surface area contributed by atoms with Gasteiger partial charge in [0.05, 0.1) is 25.1 Å². The summed E-state index contributed by atoms with van der Waals surface area (Å²) < 4.78 is 11.0. The van der Waals surface area contributed by atoms with Crippen LogP contribution in [0, 0.1) is 0 Å². The molecule has 0 spiro atoms. The van der Waals surface area contributed by atoms with Gasteiger partial charge in [-0.05, 0) is 18.6 Å². The van der Waals surface area contributed by atoms with E-state index < -0.39 is 0 Å². The molecule has 0 aliphatic carbocycles. The second-order valence-electron chi connectivity index (χ2n) is 5.19. The smallest absolute Gasteiger partial charge is 0.165 e. The van der Waals surface area contributed by atoms with Crippen LogP contribution < -0.4 is 14.8 Å². The van der Waals surface area contributed by atoms with Gasteiger partial charge in [-0.3, -0.25) is 0 Å². The molecule has 0 radical (unpaired) electrons. The Morgan fingerprint density at radius 3 is 2.58 bits per heavy atom. The zero-order valence-corrected chi connectivity index (χ0v) is 13.7. The van der Waals surface area contributed by atoms with Crippen LogP contribution in [0.5, 0.6) is 11.5 Å². The Labute approximate surface area is 141 Å². The first-order chi connectivity index (χ1) is 11.8. The van der Waals surface area contributed by atoms with Crippen molar-refractivity contribution >= 4 is 22.4 Å². The van der Waals surface area contributed by atoms with E-state index in [-0.39, 0.29) is 0 Å². The van der Waals surface area contributed by atoms with E-state index in [2.05, 4.69) is 21.9 Å². The van der Waals surface area contributed by atoms with Crippen molar-refractivity contribution in [1.29, 1.82) is 0 Å². The lowest BCUT2D eigenvalue weighted by atomic mass is 10.0. The number of hydrogen-bond donors (Lipinski definition) is 1. The number of aromatic nitrogens is 2. The van der Waals surface area contributed by atoms with Crippen LogP contribution in [0.2, 0.25) is 0 Å². The van der Waals surface area contributed by atoms with Gasteiger partial charge in [0.25, 0.3) is 0 Å². The summed E-state index contributed by atoms with van der Waals surface area (Å²) >= 11 is 0. The van der Waals surface area contributed by atoms with E-state index >= 15 is 0 Å². The highest BCUT2D eigenvalue weighted by atomic mass is 16.5. The van der Waals surface area contributed by atoms with Crippen LogP contribution in [0.1, 0.15) is 5.56 Å². The monoisotopic (exact) mass is 321 g/mol. The van der Waals surface area contributed by atoms with Gasteiger partial charge in [0, 0.05) is 17.3 Å². The van der Waals surface area contributed by atoms with Gasteiger partial charge in [0.1, 0.15) is 12.1 Å². The number of fused-ring (bicyclic) bond motifs is 1. The van der Waals surface area contributed by atoms with Crippen molar-refractivity contribution < 1.29 is 9.47 Å². The van der Waals surface area contributed by atoms with E-state index in [0.717, 1.165) is 28.0 Å². The van der Waals surface area contributed by atoms with Gasteiger partial charge >= 0.3 is 0 Å². The summed E-state index contributed by atoms with van der Waals surface area (Å²) in [6.07, 6.45) is 3.99. The zero-order chi connectivity index (χ0) is 16.9. The number of hydrogen-bond acceptors (Lipinski definition) is 5. The summed E-state index contributed by atoms with van der Waals surface area (Å²) in [5, 5.41) is 4.25. The molecule has 1 heterocycles. The third kappa shape index (κ3) is 2.88. The maximum atomic E-state index is 5.58. The summed E-state index contributed by atoms with van der Waals surface area (Å²) in [6.45, 7) is 3.85. The minimum atomic E-state index is 0.619. The fourth-order valence-corrected chi connectivity index (χ4v) is 2.73. The molecule has 1 N–H and O–H groups in total. The highest BCUT2D eigenvalue weighted by molar-refractivity contribution is 5.96. The normalized spacial score (nSPS) is 10.4. The van der Waals surface area contributed by atoms with Crippen molar-refractivity contribution in [1.82, 2.24) is 9.97 Å². The molecule has 0 unspecified atom stereocenters. The predicted octanol–water partition coefficient (Wildman–Crippen LogP) is 4.12. The van der Waals surface area contributed by atoms with E-state index in [9.17, 15) is 0 Å². The van der Waals surface area contributed by atoms with Crippen LogP contribution in [0.15, 0.2) is 55.4 Å². The summed E-state index contributed by atoms with van der Waals surface area (Å²) in [5.41, 5.74) is 2.69. The number of allylic oxidation sites excluding steroid dienone is 1. The molecule has 0 aliphatic rings. The first-order valence-electron chi connectivity index (χ1n) is 7.60. The molecule has 5 heteroatoms. The Morgan fingerprint density at radius 1 is 1.12 bits per heavy atom. The number of nitrogens with zero attached hydrogens (tertiary/aromatic N) is 2. The fraction of sp³-hybridized carbons (Fsp3) is 0.158.